The quantitative estimate of drug-likeness (QED) is 0.441. The summed E-state index contributed by atoms with van der Waals surface area (Å²) < 4.78 is 49.2. The fourth-order valence-corrected chi connectivity index (χ4v) is 4.16. The lowest BCUT2D eigenvalue weighted by Crippen LogP contribution is -2.26. The normalized spacial score (nSPS) is 15.9. The van der Waals surface area contributed by atoms with Crippen LogP contribution in [0.3, 0.4) is 0 Å². The van der Waals surface area contributed by atoms with Crippen molar-refractivity contribution in [2.45, 2.75) is 31.9 Å². The summed E-state index contributed by atoms with van der Waals surface area (Å²) in [6.07, 6.45) is -0.818. The van der Waals surface area contributed by atoms with Crippen molar-refractivity contribution in [2.75, 3.05) is 7.11 Å². The van der Waals surface area contributed by atoms with Crippen LogP contribution < -0.4 is 4.74 Å². The molecule has 1 aliphatic rings. The van der Waals surface area contributed by atoms with E-state index in [4.69, 9.17) is 4.74 Å². The monoisotopic (exact) mass is 468 g/mol. The summed E-state index contributed by atoms with van der Waals surface area (Å²) in [6.45, 7) is 1.86. The highest BCUT2D eigenvalue weighted by molar-refractivity contribution is 5.80. The smallest absolute Gasteiger partial charge is 0.416 e. The van der Waals surface area contributed by atoms with Gasteiger partial charge in [0.1, 0.15) is 17.2 Å². The third-order valence-corrected chi connectivity index (χ3v) is 5.72. The Labute approximate surface area is 192 Å². The van der Waals surface area contributed by atoms with Crippen molar-refractivity contribution >= 4 is 5.91 Å². The first-order valence-electron chi connectivity index (χ1n) is 10.5. The molecule has 4 heterocycles. The van der Waals surface area contributed by atoms with Gasteiger partial charge in [-0.2, -0.15) is 17.9 Å². The van der Waals surface area contributed by atoms with E-state index in [9.17, 15) is 18.0 Å². The van der Waals surface area contributed by atoms with Gasteiger partial charge in [0.25, 0.3) is 0 Å². The van der Waals surface area contributed by atoms with Crippen LogP contribution in [0.25, 0.3) is 17.2 Å². The van der Waals surface area contributed by atoms with E-state index in [-0.39, 0.29) is 41.8 Å². The highest BCUT2D eigenvalue weighted by atomic mass is 19.4. The Bertz CT molecular complexity index is 1390. The van der Waals surface area contributed by atoms with E-state index < -0.39 is 17.7 Å². The summed E-state index contributed by atoms with van der Waals surface area (Å²) >= 11 is 0. The minimum absolute atomic E-state index is 0.0579. The number of carbonyl (C=O) groups is 1. The molecule has 3 aromatic heterocycles. The molecule has 0 saturated heterocycles. The first kappa shape index (κ1) is 21.8. The van der Waals surface area contributed by atoms with Crippen molar-refractivity contribution in [1.82, 2.24) is 29.3 Å². The maximum atomic E-state index is 13.6. The van der Waals surface area contributed by atoms with Crippen LogP contribution in [0.5, 0.6) is 5.88 Å². The molecule has 1 atom stereocenters. The fourth-order valence-electron chi connectivity index (χ4n) is 4.16. The van der Waals surface area contributed by atoms with E-state index in [1.807, 2.05) is 13.1 Å². The molecule has 0 aliphatic carbocycles. The highest BCUT2D eigenvalue weighted by Crippen LogP contribution is 2.40. The number of hydrogen-bond donors (Lipinski definition) is 0. The van der Waals surface area contributed by atoms with Gasteiger partial charge in [0.2, 0.25) is 17.6 Å². The number of fused-ring (bicyclic) bond motifs is 1. The van der Waals surface area contributed by atoms with Gasteiger partial charge in [-0.3, -0.25) is 4.79 Å². The molecule has 0 fully saturated rings. The standard InChI is InChI=1S/C23H19F3N6O2/c1-13-11-31(12-27-13)18-9-8-17(28-22(18)34-2)20-29-21-15(7-10-19(33)32(21)30-20)14-5-3-4-6-16(14)23(24,25)26/h3-6,8-9,11-12,15H,7,10H2,1-2H3. The Morgan fingerprint density at radius 2 is 1.91 bits per heavy atom. The molecule has 174 valence electrons. The number of carbonyl (C=O) groups excluding carboxylic acids is 1. The minimum atomic E-state index is -4.53. The molecule has 1 aliphatic heterocycles. The fraction of sp³-hybridized carbons (Fsp3) is 0.261. The van der Waals surface area contributed by atoms with E-state index in [0.29, 0.717) is 11.4 Å². The van der Waals surface area contributed by atoms with Crippen LogP contribution in [0.1, 0.15) is 46.2 Å². The van der Waals surface area contributed by atoms with Gasteiger partial charge in [-0.05, 0) is 37.1 Å². The molecular weight excluding hydrogens is 449 g/mol. The minimum Gasteiger partial charge on any atom is -0.479 e. The summed E-state index contributed by atoms with van der Waals surface area (Å²) in [6, 6.07) is 8.77. The van der Waals surface area contributed by atoms with Crippen LogP contribution in [0, 0.1) is 6.92 Å². The lowest BCUT2D eigenvalue weighted by Gasteiger charge is -2.24. The maximum absolute atomic E-state index is 13.6. The molecule has 0 amide bonds. The van der Waals surface area contributed by atoms with Crippen molar-refractivity contribution in [1.29, 1.82) is 0 Å². The van der Waals surface area contributed by atoms with Crippen LogP contribution in [-0.2, 0) is 6.18 Å². The Balaban J connectivity index is 1.58. The second-order valence-corrected chi connectivity index (χ2v) is 7.92. The molecule has 0 spiro atoms. The van der Waals surface area contributed by atoms with E-state index in [2.05, 4.69) is 20.1 Å². The maximum Gasteiger partial charge on any atom is 0.416 e. The van der Waals surface area contributed by atoms with Gasteiger partial charge in [0, 0.05) is 18.5 Å². The number of aromatic nitrogens is 6. The molecule has 1 aromatic carbocycles. The zero-order valence-electron chi connectivity index (χ0n) is 18.2. The van der Waals surface area contributed by atoms with Gasteiger partial charge in [-0.25, -0.2) is 15.0 Å². The Morgan fingerprint density at radius 3 is 2.62 bits per heavy atom. The average molecular weight is 468 g/mol. The zero-order chi connectivity index (χ0) is 24.0. The molecular formula is C23H19F3N6O2. The van der Waals surface area contributed by atoms with E-state index in [1.54, 1.807) is 29.1 Å². The Morgan fingerprint density at radius 1 is 1.12 bits per heavy atom. The molecule has 8 nitrogen and oxygen atoms in total. The highest BCUT2D eigenvalue weighted by Gasteiger charge is 2.39. The third-order valence-electron chi connectivity index (χ3n) is 5.72. The number of rotatable bonds is 4. The predicted molar refractivity (Wildman–Crippen MR) is 115 cm³/mol. The number of ether oxygens (including phenoxy) is 1. The SMILES string of the molecule is COc1nc(-c2nc3n(n2)C(=O)CCC3c2ccccc2C(F)(F)F)ccc1-n1cnc(C)c1. The number of pyridine rings is 1. The Hall–Kier alpha value is -4.02. The van der Waals surface area contributed by atoms with Crippen LogP contribution in [0.2, 0.25) is 0 Å². The number of aryl methyl sites for hydroxylation is 1. The van der Waals surface area contributed by atoms with E-state index >= 15 is 0 Å². The summed E-state index contributed by atoms with van der Waals surface area (Å²) in [5.41, 5.74) is 1.11. The number of alkyl halides is 3. The van der Waals surface area contributed by atoms with Crippen molar-refractivity contribution < 1.29 is 22.7 Å². The van der Waals surface area contributed by atoms with Gasteiger partial charge >= 0.3 is 6.18 Å². The van der Waals surface area contributed by atoms with Gasteiger partial charge in [-0.15, -0.1) is 5.10 Å². The summed E-state index contributed by atoms with van der Waals surface area (Å²) in [5.74, 6) is -0.476. The van der Waals surface area contributed by atoms with Gasteiger partial charge in [-0.1, -0.05) is 18.2 Å². The molecule has 1 unspecified atom stereocenters. The van der Waals surface area contributed by atoms with E-state index in [1.165, 1.54) is 19.2 Å². The molecule has 4 aromatic rings. The molecule has 5 rings (SSSR count). The van der Waals surface area contributed by atoms with Gasteiger partial charge in [0.05, 0.1) is 24.7 Å². The van der Waals surface area contributed by atoms with E-state index in [0.717, 1.165) is 16.4 Å². The molecule has 34 heavy (non-hydrogen) atoms. The topological polar surface area (TPSA) is 87.7 Å². The van der Waals surface area contributed by atoms with Gasteiger partial charge < -0.3 is 9.30 Å². The first-order valence-corrected chi connectivity index (χ1v) is 10.5. The number of methoxy groups -OCH3 is 1. The molecule has 0 saturated carbocycles. The van der Waals surface area contributed by atoms with Gasteiger partial charge in [0.15, 0.2) is 0 Å². The summed E-state index contributed by atoms with van der Waals surface area (Å²) in [5, 5.41) is 4.29. The summed E-state index contributed by atoms with van der Waals surface area (Å²) in [7, 11) is 1.47. The predicted octanol–water partition coefficient (Wildman–Crippen LogP) is 4.43. The largest absolute Gasteiger partial charge is 0.479 e. The molecule has 0 bridgehead atoms. The number of nitrogens with zero attached hydrogens (tertiary/aromatic N) is 6. The lowest BCUT2D eigenvalue weighted by molar-refractivity contribution is -0.138. The molecule has 11 heteroatoms. The Kier molecular flexibility index (Phi) is 5.18. The van der Waals surface area contributed by atoms with Crippen LogP contribution in [0.15, 0.2) is 48.9 Å². The van der Waals surface area contributed by atoms with Crippen molar-refractivity contribution in [2.24, 2.45) is 0 Å². The van der Waals surface area contributed by atoms with Crippen LogP contribution >= 0.6 is 0 Å². The first-order chi connectivity index (χ1) is 16.3. The van der Waals surface area contributed by atoms with Crippen molar-refractivity contribution in [3.05, 3.63) is 71.6 Å². The lowest BCUT2D eigenvalue weighted by atomic mass is 9.87. The molecule has 0 radical (unpaired) electrons. The second kappa shape index (κ2) is 8.08. The molecule has 0 N–H and O–H groups in total. The van der Waals surface area contributed by atoms with Crippen LogP contribution in [-0.4, -0.2) is 42.3 Å². The van der Waals surface area contributed by atoms with Crippen molar-refractivity contribution in [3.8, 4) is 23.1 Å². The van der Waals surface area contributed by atoms with Crippen LogP contribution in [0.4, 0.5) is 13.2 Å². The average Bonchev–Trinajstić information content (AvgIpc) is 3.46. The second-order valence-electron chi connectivity index (χ2n) is 7.92. The summed E-state index contributed by atoms with van der Waals surface area (Å²) in [4.78, 5) is 25.7. The number of benzene rings is 1. The van der Waals surface area contributed by atoms with Crippen molar-refractivity contribution in [3.63, 3.8) is 0 Å². The zero-order valence-corrected chi connectivity index (χ0v) is 18.2. The number of hydrogen-bond acceptors (Lipinski definition) is 6. The number of imidazole rings is 1. The third kappa shape index (κ3) is 3.72. The number of halogens is 3.